The molecule has 1 atom stereocenters. The van der Waals surface area contributed by atoms with Crippen LogP contribution in [0.25, 0.3) is 0 Å². The molecule has 2 heterocycles. The summed E-state index contributed by atoms with van der Waals surface area (Å²) in [5.74, 6) is -8.81. The van der Waals surface area contributed by atoms with Crippen LogP contribution in [0, 0.1) is 0 Å². The molecular formula is C22H12B6ClF2N3O4. The van der Waals surface area contributed by atoms with Gasteiger partial charge >= 0.3 is 5.92 Å². The van der Waals surface area contributed by atoms with Crippen LogP contribution in [-0.4, -0.2) is 86.0 Å². The number of nitrogens with one attached hydrogen (secondary N) is 1. The summed E-state index contributed by atoms with van der Waals surface area (Å²) in [6.07, 6.45) is 0. The quantitative estimate of drug-likeness (QED) is 0.442. The highest BCUT2D eigenvalue weighted by Crippen LogP contribution is 2.55. The van der Waals surface area contributed by atoms with E-state index in [-0.39, 0.29) is 28.3 Å². The molecule has 1 N–H and O–H groups in total. The predicted molar refractivity (Wildman–Crippen MR) is 138 cm³/mol. The van der Waals surface area contributed by atoms with Gasteiger partial charge in [0.2, 0.25) is 19.8 Å². The fraction of sp³-hybridized carbons (Fsp3) is 0.273. The number of hydrogen-bond acceptors (Lipinski definition) is 4. The van der Waals surface area contributed by atoms with Gasteiger partial charge in [-0.15, -0.1) is 0 Å². The summed E-state index contributed by atoms with van der Waals surface area (Å²) in [5, 5.41) is -3.05. The molecule has 178 valence electrons. The summed E-state index contributed by atoms with van der Waals surface area (Å²) in [6, 6.07) is 8.54. The van der Waals surface area contributed by atoms with E-state index < -0.39 is 57.5 Å². The lowest BCUT2D eigenvalue weighted by Gasteiger charge is -2.60. The van der Waals surface area contributed by atoms with Gasteiger partial charge in [-0.2, -0.15) is 8.78 Å². The number of carbonyl (C=O) groups excluding carboxylic acids is 4. The van der Waals surface area contributed by atoms with Crippen LogP contribution < -0.4 is 5.32 Å². The Morgan fingerprint density at radius 3 is 2.24 bits per heavy atom. The first-order chi connectivity index (χ1) is 17.5. The highest BCUT2D eigenvalue weighted by molar-refractivity contribution is 6.66. The number of alkyl halides is 2. The third-order valence-corrected chi connectivity index (χ3v) is 7.00. The molecule has 0 saturated carbocycles. The zero-order valence-corrected chi connectivity index (χ0v) is 20.3. The number of benzene rings is 2. The van der Waals surface area contributed by atoms with Crippen molar-refractivity contribution in [3.05, 3.63) is 69.7 Å². The van der Waals surface area contributed by atoms with E-state index in [1.807, 2.05) is 5.32 Å². The van der Waals surface area contributed by atoms with E-state index in [1.165, 1.54) is 30.3 Å². The predicted octanol–water partition coefficient (Wildman–Crippen LogP) is -0.0725. The molecule has 1 saturated heterocycles. The minimum absolute atomic E-state index is 0.0695. The van der Waals surface area contributed by atoms with Gasteiger partial charge < -0.3 is 9.71 Å². The molecular weight excluding hydrogens is 509 g/mol. The molecule has 7 nitrogen and oxygen atoms in total. The standard InChI is InChI=1S/C22H12B6ClF2N3O4/c23-20(24)16(36)32-17(37)21(25,22(20,26)27)33-9-11-7-10(1-6-14(11)15(33)35)8-34(28)18(38)19(30,31)12-2-4-13(29)5-3-12/h1-7H,8-9H2,(H,32,36,37). The number of carbonyl (C=O) groups is 4. The summed E-state index contributed by atoms with van der Waals surface area (Å²) in [4.78, 5) is 51.6. The molecule has 1 unspecified atom stereocenters. The van der Waals surface area contributed by atoms with Crippen LogP contribution in [-0.2, 0) is 33.4 Å². The van der Waals surface area contributed by atoms with Crippen molar-refractivity contribution in [2.75, 3.05) is 0 Å². The van der Waals surface area contributed by atoms with Crippen molar-refractivity contribution in [2.24, 2.45) is 0 Å². The Balaban J connectivity index is 1.58. The van der Waals surface area contributed by atoms with Gasteiger partial charge in [0.1, 0.15) is 7.85 Å². The first kappa shape index (κ1) is 28.1. The molecule has 0 spiro atoms. The first-order valence-electron chi connectivity index (χ1n) is 10.9. The largest absolute Gasteiger partial charge is 0.387 e. The summed E-state index contributed by atoms with van der Waals surface area (Å²) >= 11 is 5.72. The molecule has 0 bridgehead atoms. The van der Waals surface area contributed by atoms with Crippen LogP contribution in [0.15, 0.2) is 42.5 Å². The number of piperidine rings is 1. The fourth-order valence-corrected chi connectivity index (χ4v) is 4.45. The normalized spacial score (nSPS) is 22.1. The van der Waals surface area contributed by atoms with Crippen molar-refractivity contribution in [2.45, 2.75) is 34.9 Å². The van der Waals surface area contributed by atoms with E-state index in [2.05, 4.69) is 0 Å². The van der Waals surface area contributed by atoms with Crippen LogP contribution in [0.1, 0.15) is 27.0 Å². The van der Waals surface area contributed by atoms with Crippen LogP contribution in [0.3, 0.4) is 0 Å². The smallest absolute Gasteiger partial charge is 0.348 e. The SMILES string of the molecule is [B]N(Cc1ccc2c(c1)CN(C1([B])C(=O)NC(=O)C([B])([B])C1([B])[B])C2=O)C(=O)C(F)(F)c1ccc(Cl)cc1. The van der Waals surface area contributed by atoms with Crippen molar-refractivity contribution in [1.29, 1.82) is 0 Å². The van der Waals surface area contributed by atoms with Crippen LogP contribution in [0.4, 0.5) is 8.78 Å². The Kier molecular flexibility index (Phi) is 6.70. The molecule has 4 rings (SSSR count). The van der Waals surface area contributed by atoms with Crippen molar-refractivity contribution >= 4 is 82.4 Å². The third kappa shape index (κ3) is 4.01. The maximum Gasteiger partial charge on any atom is 0.348 e. The van der Waals surface area contributed by atoms with Gasteiger partial charge in [0.05, 0.1) is 36.8 Å². The van der Waals surface area contributed by atoms with E-state index in [9.17, 15) is 28.0 Å². The molecule has 2 aromatic rings. The second-order valence-electron chi connectivity index (χ2n) is 9.18. The van der Waals surface area contributed by atoms with Crippen molar-refractivity contribution in [1.82, 2.24) is 15.0 Å². The zero-order chi connectivity index (χ0) is 28.4. The Morgan fingerprint density at radius 1 is 1.03 bits per heavy atom. The lowest BCUT2D eigenvalue weighted by atomic mass is 9.21. The highest BCUT2D eigenvalue weighted by Gasteiger charge is 2.63. The number of nitrogens with zero attached hydrogens (tertiary/aromatic N) is 2. The third-order valence-electron chi connectivity index (χ3n) is 6.75. The lowest BCUT2D eigenvalue weighted by molar-refractivity contribution is -0.154. The second kappa shape index (κ2) is 9.07. The Hall–Kier alpha value is -2.94. The molecule has 16 heteroatoms. The number of fused-ring (bicyclic) bond motifs is 1. The van der Waals surface area contributed by atoms with Gasteiger partial charge in [-0.3, -0.25) is 24.5 Å². The van der Waals surface area contributed by atoms with Gasteiger partial charge in [0.15, 0.2) is 0 Å². The van der Waals surface area contributed by atoms with E-state index in [0.29, 0.717) is 4.81 Å². The number of hydrogen-bond donors (Lipinski definition) is 1. The van der Waals surface area contributed by atoms with Crippen LogP contribution in [0.2, 0.25) is 15.5 Å². The Morgan fingerprint density at radius 2 is 1.63 bits per heavy atom. The van der Waals surface area contributed by atoms with Crippen LogP contribution >= 0.6 is 11.6 Å². The van der Waals surface area contributed by atoms with Crippen molar-refractivity contribution < 1.29 is 28.0 Å². The zero-order valence-electron chi connectivity index (χ0n) is 19.6. The fourth-order valence-electron chi connectivity index (χ4n) is 4.33. The molecule has 2 aliphatic rings. The van der Waals surface area contributed by atoms with Gasteiger partial charge in [-0.25, -0.2) is 0 Å². The second-order valence-corrected chi connectivity index (χ2v) is 9.62. The average Bonchev–Trinajstić information content (AvgIpc) is 3.17. The maximum absolute atomic E-state index is 14.7. The topological polar surface area (TPSA) is 86.8 Å². The molecule has 0 aromatic heterocycles. The Bertz CT molecular complexity index is 1380. The molecule has 2 aromatic carbocycles. The maximum atomic E-state index is 14.7. The molecule has 4 amide bonds. The monoisotopic (exact) mass is 521 g/mol. The summed E-state index contributed by atoms with van der Waals surface area (Å²) < 4.78 is 29.4. The number of halogens is 3. The number of imide groups is 1. The van der Waals surface area contributed by atoms with E-state index >= 15 is 0 Å². The number of amides is 4. The average molecular weight is 521 g/mol. The molecule has 12 radical (unpaired) electrons. The van der Waals surface area contributed by atoms with E-state index in [0.717, 1.165) is 17.0 Å². The first-order valence-corrected chi connectivity index (χ1v) is 11.3. The van der Waals surface area contributed by atoms with Gasteiger partial charge in [-0.05, 0) is 34.5 Å². The molecule has 2 aliphatic heterocycles. The minimum atomic E-state index is -3.94. The minimum Gasteiger partial charge on any atom is -0.387 e. The summed E-state index contributed by atoms with van der Waals surface area (Å²) in [6.45, 7) is -0.801. The van der Waals surface area contributed by atoms with E-state index in [4.69, 9.17) is 58.8 Å². The molecule has 1 fully saturated rings. The lowest BCUT2D eigenvalue weighted by Crippen LogP contribution is -2.75. The van der Waals surface area contributed by atoms with Crippen molar-refractivity contribution in [3.63, 3.8) is 0 Å². The van der Waals surface area contributed by atoms with Crippen molar-refractivity contribution in [3.8, 4) is 0 Å². The van der Waals surface area contributed by atoms with Gasteiger partial charge in [0, 0.05) is 29.2 Å². The van der Waals surface area contributed by atoms with Crippen LogP contribution in [0.5, 0.6) is 0 Å². The summed E-state index contributed by atoms with van der Waals surface area (Å²) in [7, 11) is 35.5. The molecule has 38 heavy (non-hydrogen) atoms. The van der Waals surface area contributed by atoms with Gasteiger partial charge in [0.25, 0.3) is 11.8 Å². The van der Waals surface area contributed by atoms with E-state index in [1.54, 1.807) is 0 Å². The number of rotatable bonds is 5. The Labute approximate surface area is 229 Å². The van der Waals surface area contributed by atoms with Gasteiger partial charge in [-0.1, -0.05) is 41.1 Å². The summed E-state index contributed by atoms with van der Waals surface area (Å²) in [5.41, 5.74) is -2.54. The highest BCUT2D eigenvalue weighted by atomic mass is 35.5. The molecule has 0 aliphatic carbocycles.